The number of ether oxygens (including phenoxy) is 3. The van der Waals surface area contributed by atoms with Gasteiger partial charge < -0.3 is 19.1 Å². The highest BCUT2D eigenvalue weighted by molar-refractivity contribution is 5.70. The molecule has 7 heteroatoms. The summed E-state index contributed by atoms with van der Waals surface area (Å²) in [4.78, 5) is 38.7. The van der Waals surface area contributed by atoms with E-state index in [1.807, 2.05) is 26.2 Å². The molecule has 0 saturated carbocycles. The summed E-state index contributed by atoms with van der Waals surface area (Å²) in [6.07, 6.45) is 34.4. The molecule has 0 aromatic carbocycles. The summed E-state index contributed by atoms with van der Waals surface area (Å²) in [5, 5.41) is 0. The zero-order valence-electron chi connectivity index (χ0n) is 31.8. The lowest BCUT2D eigenvalue weighted by Gasteiger charge is -2.18. The average molecular weight is 678 g/mol. The van der Waals surface area contributed by atoms with Crippen molar-refractivity contribution >= 4 is 17.9 Å². The van der Waals surface area contributed by atoms with Crippen molar-refractivity contribution in [1.82, 2.24) is 4.90 Å². The Balaban J connectivity index is 4.14. The van der Waals surface area contributed by atoms with Crippen LogP contribution in [0.1, 0.15) is 181 Å². The summed E-state index contributed by atoms with van der Waals surface area (Å²) < 4.78 is 16.6. The van der Waals surface area contributed by atoms with E-state index in [4.69, 9.17) is 14.2 Å². The van der Waals surface area contributed by atoms with Gasteiger partial charge in [-0.3, -0.25) is 14.4 Å². The number of carbonyl (C=O) groups is 3. The van der Waals surface area contributed by atoms with E-state index in [0.29, 0.717) is 32.5 Å². The van der Waals surface area contributed by atoms with Crippen LogP contribution in [0.25, 0.3) is 0 Å². The van der Waals surface area contributed by atoms with Crippen molar-refractivity contribution in [2.45, 2.75) is 187 Å². The first-order valence-electron chi connectivity index (χ1n) is 19.8. The Morgan fingerprint density at radius 3 is 1.38 bits per heavy atom. The molecule has 0 bridgehead atoms. The molecule has 0 atom stereocenters. The van der Waals surface area contributed by atoms with Crippen LogP contribution in [0.5, 0.6) is 0 Å². The molecule has 0 fully saturated rings. The molecule has 0 saturated heterocycles. The first-order chi connectivity index (χ1) is 23.4. The Labute approximate surface area is 296 Å². The van der Waals surface area contributed by atoms with E-state index >= 15 is 0 Å². The third-order valence-electron chi connectivity index (χ3n) is 8.56. The van der Waals surface area contributed by atoms with Gasteiger partial charge in [0.05, 0.1) is 0 Å². The van der Waals surface area contributed by atoms with Crippen LogP contribution < -0.4 is 0 Å². The Hall–Kier alpha value is -2.15. The number of hydrogen-bond donors (Lipinski definition) is 0. The van der Waals surface area contributed by atoms with Gasteiger partial charge in [0.15, 0.2) is 0 Å². The van der Waals surface area contributed by atoms with E-state index in [9.17, 15) is 14.4 Å². The van der Waals surface area contributed by atoms with E-state index in [-0.39, 0.29) is 24.0 Å². The third kappa shape index (κ3) is 35.2. The third-order valence-corrected chi connectivity index (χ3v) is 8.56. The first-order valence-corrected chi connectivity index (χ1v) is 19.8. The van der Waals surface area contributed by atoms with Crippen molar-refractivity contribution in [2.75, 3.05) is 33.9 Å². The van der Waals surface area contributed by atoms with Crippen LogP contribution in [-0.4, -0.2) is 62.8 Å². The van der Waals surface area contributed by atoms with Gasteiger partial charge in [-0.25, -0.2) is 0 Å². The summed E-state index contributed by atoms with van der Waals surface area (Å²) in [5.41, 5.74) is 0. The molecular formula is C41H75NO6. The molecule has 48 heavy (non-hydrogen) atoms. The maximum absolute atomic E-state index is 12.5. The molecule has 0 aromatic rings. The van der Waals surface area contributed by atoms with Crippen LogP contribution in [0.3, 0.4) is 0 Å². The molecule has 0 aliphatic rings. The van der Waals surface area contributed by atoms with Crippen LogP contribution in [0, 0.1) is 0 Å². The fourth-order valence-corrected chi connectivity index (χ4v) is 5.57. The van der Waals surface area contributed by atoms with Gasteiger partial charge in [0.1, 0.15) is 19.3 Å². The number of rotatable bonds is 35. The smallest absolute Gasteiger partial charge is 0.306 e. The Morgan fingerprint density at radius 1 is 0.500 bits per heavy atom. The summed E-state index contributed by atoms with van der Waals surface area (Å²) in [5.74, 6) is -0.357. The molecule has 0 aliphatic heterocycles. The fourth-order valence-electron chi connectivity index (χ4n) is 5.57. The summed E-state index contributed by atoms with van der Waals surface area (Å²) in [7, 11) is 4.02. The predicted molar refractivity (Wildman–Crippen MR) is 200 cm³/mol. The van der Waals surface area contributed by atoms with E-state index in [0.717, 1.165) is 90.0 Å². The van der Waals surface area contributed by atoms with Crippen molar-refractivity contribution < 1.29 is 28.6 Å². The quantitative estimate of drug-likeness (QED) is 0.0286. The lowest BCUT2D eigenvalue weighted by molar-refractivity contribution is -0.150. The highest BCUT2D eigenvalue weighted by Gasteiger charge is 2.15. The topological polar surface area (TPSA) is 82.1 Å². The van der Waals surface area contributed by atoms with E-state index < -0.39 is 0 Å². The van der Waals surface area contributed by atoms with Crippen LogP contribution in [0.15, 0.2) is 24.3 Å². The molecule has 7 nitrogen and oxygen atoms in total. The van der Waals surface area contributed by atoms with Gasteiger partial charge in [0, 0.05) is 19.3 Å². The number of esters is 3. The Bertz CT molecular complexity index is 757. The van der Waals surface area contributed by atoms with E-state index in [1.54, 1.807) is 0 Å². The minimum absolute atomic E-state index is 0.0661. The minimum Gasteiger partial charge on any atom is -0.462 e. The van der Waals surface area contributed by atoms with Crippen molar-refractivity contribution in [3.63, 3.8) is 0 Å². The fraction of sp³-hybridized carbons (Fsp3) is 0.829. The SMILES string of the molecule is CCCCCCC/C=C\COC(=O)CCCCCCC(CCCCCCC(=O)OC/C=C\CCCCCCC)OC(=O)CCCN(C)C. The number of nitrogens with zero attached hydrogens (tertiary/aromatic N) is 1. The van der Waals surface area contributed by atoms with Gasteiger partial charge in [-0.15, -0.1) is 0 Å². The van der Waals surface area contributed by atoms with E-state index in [2.05, 4.69) is 30.9 Å². The molecule has 0 aliphatic carbocycles. The lowest BCUT2D eigenvalue weighted by Crippen LogP contribution is -2.20. The van der Waals surface area contributed by atoms with Gasteiger partial charge in [0.2, 0.25) is 0 Å². The second kappa shape index (κ2) is 36.1. The molecule has 0 unspecified atom stereocenters. The molecule has 0 N–H and O–H groups in total. The maximum Gasteiger partial charge on any atom is 0.306 e. The minimum atomic E-state index is -0.124. The molecule has 0 amide bonds. The lowest BCUT2D eigenvalue weighted by atomic mass is 10.0. The maximum atomic E-state index is 12.5. The van der Waals surface area contributed by atoms with Crippen molar-refractivity contribution in [1.29, 1.82) is 0 Å². The Morgan fingerprint density at radius 2 is 0.917 bits per heavy atom. The van der Waals surface area contributed by atoms with Crippen LogP contribution in [0.2, 0.25) is 0 Å². The first kappa shape index (κ1) is 45.9. The summed E-state index contributed by atoms with van der Waals surface area (Å²) >= 11 is 0. The van der Waals surface area contributed by atoms with E-state index in [1.165, 1.54) is 64.2 Å². The van der Waals surface area contributed by atoms with Crippen molar-refractivity contribution in [3.05, 3.63) is 24.3 Å². The zero-order valence-corrected chi connectivity index (χ0v) is 31.8. The second-order valence-corrected chi connectivity index (χ2v) is 13.6. The molecule has 0 spiro atoms. The number of hydrogen-bond acceptors (Lipinski definition) is 7. The molecular weight excluding hydrogens is 602 g/mol. The van der Waals surface area contributed by atoms with Crippen molar-refractivity contribution in [2.24, 2.45) is 0 Å². The van der Waals surface area contributed by atoms with Crippen LogP contribution >= 0.6 is 0 Å². The van der Waals surface area contributed by atoms with Crippen LogP contribution in [0.4, 0.5) is 0 Å². The molecule has 280 valence electrons. The monoisotopic (exact) mass is 678 g/mol. The highest BCUT2D eigenvalue weighted by Crippen LogP contribution is 2.18. The van der Waals surface area contributed by atoms with Gasteiger partial charge in [-0.05, 0) is 91.3 Å². The number of carbonyl (C=O) groups excluding carboxylic acids is 3. The second-order valence-electron chi connectivity index (χ2n) is 13.6. The largest absolute Gasteiger partial charge is 0.462 e. The predicted octanol–water partition coefficient (Wildman–Crippen LogP) is 10.8. The zero-order chi connectivity index (χ0) is 35.3. The summed E-state index contributed by atoms with van der Waals surface area (Å²) in [6.45, 7) is 6.07. The Kier molecular flexibility index (Phi) is 34.5. The van der Waals surface area contributed by atoms with Gasteiger partial charge in [-0.1, -0.05) is 115 Å². The van der Waals surface area contributed by atoms with Crippen molar-refractivity contribution in [3.8, 4) is 0 Å². The number of allylic oxidation sites excluding steroid dienone is 2. The van der Waals surface area contributed by atoms with Gasteiger partial charge in [0.25, 0.3) is 0 Å². The highest BCUT2D eigenvalue weighted by atomic mass is 16.5. The standard InChI is InChI=1S/C41H75NO6/c1-5-7-9-11-13-15-21-27-36-46-39(43)32-25-19-17-23-30-38(48-41(45)34-29-35-42(3)4)31-24-18-20-26-33-40(44)47-37-28-22-16-14-12-10-8-6-2/h21-22,27-28,38H,5-20,23-26,29-37H2,1-4H3/b27-21-,28-22-. The molecule has 0 aromatic heterocycles. The average Bonchev–Trinajstić information content (AvgIpc) is 3.05. The summed E-state index contributed by atoms with van der Waals surface area (Å²) in [6, 6.07) is 0. The van der Waals surface area contributed by atoms with Crippen LogP contribution in [-0.2, 0) is 28.6 Å². The molecule has 0 heterocycles. The van der Waals surface area contributed by atoms with Gasteiger partial charge in [-0.2, -0.15) is 0 Å². The number of unbranched alkanes of at least 4 members (excludes halogenated alkanes) is 16. The molecule has 0 radical (unpaired) electrons. The van der Waals surface area contributed by atoms with Gasteiger partial charge >= 0.3 is 17.9 Å². The normalized spacial score (nSPS) is 11.7. The molecule has 0 rings (SSSR count).